The fourth-order valence-electron chi connectivity index (χ4n) is 2.96. The second-order valence-electron chi connectivity index (χ2n) is 5.99. The number of rotatable bonds is 6. The molecule has 20 heavy (non-hydrogen) atoms. The highest BCUT2D eigenvalue weighted by Crippen LogP contribution is 2.24. The molecule has 112 valence electrons. The van der Waals surface area contributed by atoms with Crippen molar-refractivity contribution in [2.45, 2.75) is 53.0 Å². The molecule has 3 heteroatoms. The van der Waals surface area contributed by atoms with E-state index in [1.165, 1.54) is 37.1 Å². The summed E-state index contributed by atoms with van der Waals surface area (Å²) in [5.74, 6) is 2.09. The summed E-state index contributed by atoms with van der Waals surface area (Å²) in [6.45, 7) is 11.0. The fraction of sp³-hybridized carbons (Fsp3) is 0.706. The number of pyridine rings is 1. The Morgan fingerprint density at radius 2 is 2.00 bits per heavy atom. The summed E-state index contributed by atoms with van der Waals surface area (Å²) in [7, 11) is 0. The molecule has 0 amide bonds. The molecule has 0 unspecified atom stereocenters. The van der Waals surface area contributed by atoms with Crippen LogP contribution in [0.5, 0.6) is 0 Å². The van der Waals surface area contributed by atoms with Gasteiger partial charge in [0.1, 0.15) is 5.82 Å². The second-order valence-corrected chi connectivity index (χ2v) is 5.99. The Morgan fingerprint density at radius 3 is 2.65 bits per heavy atom. The van der Waals surface area contributed by atoms with Crippen molar-refractivity contribution < 1.29 is 0 Å². The maximum Gasteiger partial charge on any atom is 0.129 e. The maximum atomic E-state index is 4.73. The molecule has 1 aliphatic heterocycles. The molecule has 1 aromatic rings. The molecule has 2 rings (SSSR count). The molecular formula is C17H29N3. The Bertz CT molecular complexity index is 409. The average Bonchev–Trinajstić information content (AvgIpc) is 2.47. The number of piperidine rings is 1. The van der Waals surface area contributed by atoms with Crippen LogP contribution in [0.4, 0.5) is 5.82 Å². The highest BCUT2D eigenvalue weighted by molar-refractivity contribution is 5.43. The third-order valence-electron chi connectivity index (χ3n) is 4.27. The van der Waals surface area contributed by atoms with Gasteiger partial charge in [-0.1, -0.05) is 20.3 Å². The summed E-state index contributed by atoms with van der Waals surface area (Å²) >= 11 is 0. The summed E-state index contributed by atoms with van der Waals surface area (Å²) in [4.78, 5) is 7.20. The van der Waals surface area contributed by atoms with E-state index >= 15 is 0 Å². The van der Waals surface area contributed by atoms with Gasteiger partial charge in [-0.05, 0) is 56.3 Å². The first-order valence-electron chi connectivity index (χ1n) is 8.16. The largest absolute Gasteiger partial charge is 0.357 e. The minimum absolute atomic E-state index is 0.918. The van der Waals surface area contributed by atoms with Crippen molar-refractivity contribution in [3.05, 3.63) is 23.4 Å². The summed E-state index contributed by atoms with van der Waals surface area (Å²) in [5, 5.41) is 3.48. The van der Waals surface area contributed by atoms with Crippen LogP contribution in [-0.2, 0) is 6.54 Å². The molecular weight excluding hydrogens is 246 g/mol. The quantitative estimate of drug-likeness (QED) is 0.805. The van der Waals surface area contributed by atoms with E-state index in [0.29, 0.717) is 0 Å². The molecule has 3 nitrogen and oxygen atoms in total. The van der Waals surface area contributed by atoms with E-state index in [1.807, 2.05) is 0 Å². The normalized spacial score (nSPS) is 16.6. The zero-order valence-corrected chi connectivity index (χ0v) is 13.3. The van der Waals surface area contributed by atoms with Crippen LogP contribution in [0.2, 0.25) is 0 Å². The number of aromatic nitrogens is 1. The van der Waals surface area contributed by atoms with Crippen molar-refractivity contribution >= 4 is 5.82 Å². The van der Waals surface area contributed by atoms with Crippen molar-refractivity contribution in [3.63, 3.8) is 0 Å². The first-order chi connectivity index (χ1) is 9.72. The van der Waals surface area contributed by atoms with Gasteiger partial charge < -0.3 is 10.2 Å². The van der Waals surface area contributed by atoms with Gasteiger partial charge in [-0.25, -0.2) is 4.98 Å². The molecule has 0 atom stereocenters. The zero-order chi connectivity index (χ0) is 14.4. The van der Waals surface area contributed by atoms with Gasteiger partial charge in [0.2, 0.25) is 0 Å². The van der Waals surface area contributed by atoms with Crippen LogP contribution in [0.25, 0.3) is 0 Å². The number of anilines is 1. The van der Waals surface area contributed by atoms with Gasteiger partial charge in [-0.3, -0.25) is 0 Å². The van der Waals surface area contributed by atoms with Gasteiger partial charge in [-0.15, -0.1) is 0 Å². The summed E-state index contributed by atoms with van der Waals surface area (Å²) in [6, 6.07) is 4.47. The molecule has 2 heterocycles. The van der Waals surface area contributed by atoms with Crippen molar-refractivity contribution in [1.82, 2.24) is 10.3 Å². The lowest BCUT2D eigenvalue weighted by atomic mass is 9.94. The van der Waals surface area contributed by atoms with E-state index in [0.717, 1.165) is 37.8 Å². The van der Waals surface area contributed by atoms with E-state index in [1.54, 1.807) is 0 Å². The summed E-state index contributed by atoms with van der Waals surface area (Å²) < 4.78 is 0. The van der Waals surface area contributed by atoms with E-state index in [9.17, 15) is 0 Å². The van der Waals surface area contributed by atoms with Crippen LogP contribution in [0.15, 0.2) is 12.1 Å². The third kappa shape index (κ3) is 4.20. The average molecular weight is 275 g/mol. The van der Waals surface area contributed by atoms with E-state index in [4.69, 9.17) is 4.98 Å². The predicted octanol–water partition coefficient (Wildman–Crippen LogP) is 3.52. The first-order valence-corrected chi connectivity index (χ1v) is 8.16. The Kier molecular flexibility index (Phi) is 5.84. The topological polar surface area (TPSA) is 28.2 Å². The van der Waals surface area contributed by atoms with Gasteiger partial charge >= 0.3 is 0 Å². The molecule has 0 aliphatic carbocycles. The summed E-state index contributed by atoms with van der Waals surface area (Å²) in [6.07, 6.45) is 5.13. The molecule has 0 bridgehead atoms. The Balaban J connectivity index is 2.00. The molecule has 1 aliphatic rings. The Morgan fingerprint density at radius 1 is 1.25 bits per heavy atom. The smallest absolute Gasteiger partial charge is 0.129 e. The molecule has 0 spiro atoms. The van der Waals surface area contributed by atoms with E-state index in [-0.39, 0.29) is 0 Å². The number of aryl methyl sites for hydroxylation is 1. The summed E-state index contributed by atoms with van der Waals surface area (Å²) in [5.41, 5.74) is 2.49. The maximum absolute atomic E-state index is 4.73. The molecule has 0 saturated carbocycles. The van der Waals surface area contributed by atoms with Crippen LogP contribution < -0.4 is 10.2 Å². The van der Waals surface area contributed by atoms with E-state index in [2.05, 4.69) is 43.1 Å². The third-order valence-corrected chi connectivity index (χ3v) is 4.27. The highest BCUT2D eigenvalue weighted by Gasteiger charge is 2.19. The monoisotopic (exact) mass is 275 g/mol. The number of nitrogens with zero attached hydrogens (tertiary/aromatic N) is 2. The van der Waals surface area contributed by atoms with Crippen molar-refractivity contribution in [1.29, 1.82) is 0 Å². The van der Waals surface area contributed by atoms with Crippen LogP contribution in [-0.4, -0.2) is 24.6 Å². The van der Waals surface area contributed by atoms with Crippen LogP contribution in [0, 0.1) is 12.8 Å². The minimum Gasteiger partial charge on any atom is -0.357 e. The SMILES string of the molecule is CCCNCc1cc(C)nc(N2CCC(CC)CC2)c1. The molecule has 1 saturated heterocycles. The first kappa shape index (κ1) is 15.3. The van der Waals surface area contributed by atoms with E-state index < -0.39 is 0 Å². The number of hydrogen-bond acceptors (Lipinski definition) is 3. The fourth-order valence-corrected chi connectivity index (χ4v) is 2.96. The Labute approximate surface area is 123 Å². The lowest BCUT2D eigenvalue weighted by Gasteiger charge is -2.32. The van der Waals surface area contributed by atoms with Gasteiger partial charge in [0.25, 0.3) is 0 Å². The van der Waals surface area contributed by atoms with Crippen LogP contribution in [0.3, 0.4) is 0 Å². The van der Waals surface area contributed by atoms with Crippen molar-refractivity contribution in [3.8, 4) is 0 Å². The second kappa shape index (κ2) is 7.63. The van der Waals surface area contributed by atoms with Crippen molar-refractivity contribution in [2.24, 2.45) is 5.92 Å². The minimum atomic E-state index is 0.918. The van der Waals surface area contributed by atoms with Gasteiger partial charge in [0.15, 0.2) is 0 Å². The van der Waals surface area contributed by atoms with Crippen molar-refractivity contribution in [2.75, 3.05) is 24.5 Å². The lowest BCUT2D eigenvalue weighted by molar-refractivity contribution is 0.393. The van der Waals surface area contributed by atoms with Crippen LogP contribution in [0.1, 0.15) is 50.8 Å². The predicted molar refractivity (Wildman–Crippen MR) is 86.2 cm³/mol. The lowest BCUT2D eigenvalue weighted by Crippen LogP contribution is -2.34. The Hall–Kier alpha value is -1.09. The van der Waals surface area contributed by atoms with Gasteiger partial charge in [0.05, 0.1) is 0 Å². The molecule has 1 fully saturated rings. The molecule has 0 radical (unpaired) electrons. The molecule has 0 aromatic carbocycles. The molecule has 1 aromatic heterocycles. The number of hydrogen-bond donors (Lipinski definition) is 1. The van der Waals surface area contributed by atoms with Gasteiger partial charge in [0, 0.05) is 25.3 Å². The number of nitrogens with one attached hydrogen (secondary N) is 1. The van der Waals surface area contributed by atoms with Crippen LogP contribution >= 0.6 is 0 Å². The van der Waals surface area contributed by atoms with Gasteiger partial charge in [-0.2, -0.15) is 0 Å². The standard InChI is InChI=1S/C17H29N3/c1-4-8-18-13-16-11-14(3)19-17(12-16)20-9-6-15(5-2)7-10-20/h11-12,15,18H,4-10,13H2,1-3H3. The molecule has 1 N–H and O–H groups in total. The zero-order valence-electron chi connectivity index (χ0n) is 13.3. The highest BCUT2D eigenvalue weighted by atomic mass is 15.2.